The minimum absolute atomic E-state index is 0. The number of rotatable bonds is 7. The van der Waals surface area contributed by atoms with Gasteiger partial charge in [0.1, 0.15) is 5.82 Å². The number of nitrogens with one attached hydrogen (secondary N) is 2. The van der Waals surface area contributed by atoms with E-state index in [0.717, 1.165) is 69.8 Å². The maximum atomic E-state index is 5.82. The summed E-state index contributed by atoms with van der Waals surface area (Å²) in [6.45, 7) is 16.2. The van der Waals surface area contributed by atoms with Crippen molar-refractivity contribution in [1.82, 2.24) is 20.5 Å². The average molecular weight is 546 g/mol. The van der Waals surface area contributed by atoms with Crippen LogP contribution in [0.25, 0.3) is 0 Å². The fourth-order valence-corrected chi connectivity index (χ4v) is 3.97. The minimum atomic E-state index is 0. The number of guanidine groups is 1. The van der Waals surface area contributed by atoms with Crippen LogP contribution < -0.4 is 15.5 Å². The van der Waals surface area contributed by atoms with Crippen molar-refractivity contribution in [3.05, 3.63) is 23.9 Å². The molecule has 8 nitrogen and oxygen atoms in total. The zero-order valence-corrected chi connectivity index (χ0v) is 21.7. The van der Waals surface area contributed by atoms with Gasteiger partial charge >= 0.3 is 0 Å². The summed E-state index contributed by atoms with van der Waals surface area (Å²) in [4.78, 5) is 14.2. The summed E-state index contributed by atoms with van der Waals surface area (Å²) in [6.07, 6.45) is 2.39. The van der Waals surface area contributed by atoms with Crippen molar-refractivity contribution in [3.8, 4) is 0 Å². The van der Waals surface area contributed by atoms with Crippen LogP contribution >= 0.6 is 24.0 Å². The molecular weight excluding hydrogens is 507 g/mol. The molecule has 9 heteroatoms. The molecule has 2 saturated heterocycles. The number of halogens is 1. The Morgan fingerprint density at radius 2 is 1.90 bits per heavy atom. The summed E-state index contributed by atoms with van der Waals surface area (Å²) < 4.78 is 11.3. The van der Waals surface area contributed by atoms with Crippen LogP contribution in [0.3, 0.4) is 0 Å². The van der Waals surface area contributed by atoms with E-state index in [1.165, 1.54) is 0 Å². The summed E-state index contributed by atoms with van der Waals surface area (Å²) in [5, 5.41) is 6.81. The molecule has 2 aliphatic heterocycles. The quantitative estimate of drug-likeness (QED) is 0.308. The first-order valence-electron chi connectivity index (χ1n) is 11.2. The van der Waals surface area contributed by atoms with Gasteiger partial charge in [0.15, 0.2) is 5.96 Å². The summed E-state index contributed by atoms with van der Waals surface area (Å²) >= 11 is 0. The van der Waals surface area contributed by atoms with E-state index >= 15 is 0 Å². The molecule has 31 heavy (non-hydrogen) atoms. The number of aromatic nitrogens is 1. The van der Waals surface area contributed by atoms with Crippen molar-refractivity contribution in [3.63, 3.8) is 0 Å². The number of anilines is 1. The molecule has 0 bridgehead atoms. The van der Waals surface area contributed by atoms with Gasteiger partial charge in [0, 0.05) is 51.5 Å². The molecule has 3 heterocycles. The van der Waals surface area contributed by atoms with Gasteiger partial charge in [-0.05, 0) is 39.3 Å². The maximum Gasteiger partial charge on any atom is 0.191 e. The van der Waals surface area contributed by atoms with Crippen molar-refractivity contribution in [2.24, 2.45) is 4.99 Å². The van der Waals surface area contributed by atoms with Crippen molar-refractivity contribution in [2.75, 3.05) is 57.4 Å². The molecule has 2 N–H and O–H groups in total. The first-order chi connectivity index (χ1) is 14.5. The van der Waals surface area contributed by atoms with E-state index in [1.54, 1.807) is 0 Å². The normalized spacial score (nSPS) is 23.7. The number of aliphatic imine (C=N–C) groups is 1. The molecule has 3 rings (SSSR count). The Balaban J connectivity index is 0.00000341. The first kappa shape index (κ1) is 26.1. The van der Waals surface area contributed by atoms with Crippen LogP contribution in [0.15, 0.2) is 23.3 Å². The molecule has 0 aliphatic carbocycles. The Bertz CT molecular complexity index is 658. The van der Waals surface area contributed by atoms with Crippen molar-refractivity contribution in [1.29, 1.82) is 0 Å². The lowest BCUT2D eigenvalue weighted by molar-refractivity contribution is -0.00545. The summed E-state index contributed by atoms with van der Waals surface area (Å²) in [5.74, 6) is 1.85. The van der Waals surface area contributed by atoms with Crippen LogP contribution in [0.2, 0.25) is 0 Å². The molecule has 3 atom stereocenters. The fraction of sp³-hybridized carbons (Fsp3) is 0.727. The highest BCUT2D eigenvalue weighted by atomic mass is 127. The summed E-state index contributed by atoms with van der Waals surface area (Å²) in [6, 6.07) is 4.66. The smallest absolute Gasteiger partial charge is 0.191 e. The zero-order valence-electron chi connectivity index (χ0n) is 19.3. The Labute approximate surface area is 204 Å². The van der Waals surface area contributed by atoms with Crippen LogP contribution in [-0.2, 0) is 16.0 Å². The number of morpholine rings is 2. The molecular formula is C22H39IN6O2. The highest BCUT2D eigenvalue weighted by Crippen LogP contribution is 2.18. The SMILES string of the molecule is CCNC(=NCc1ccc(N2CC(C)OC(C)C2)nc1)NCC(C)N1CCOCC1.I. The van der Waals surface area contributed by atoms with E-state index in [-0.39, 0.29) is 36.2 Å². The lowest BCUT2D eigenvalue weighted by Crippen LogP contribution is -2.49. The molecule has 1 aromatic heterocycles. The van der Waals surface area contributed by atoms with E-state index in [1.807, 2.05) is 6.20 Å². The van der Waals surface area contributed by atoms with E-state index in [9.17, 15) is 0 Å². The molecule has 2 aliphatic rings. The predicted molar refractivity (Wildman–Crippen MR) is 137 cm³/mol. The van der Waals surface area contributed by atoms with Crippen molar-refractivity contribution in [2.45, 2.75) is 52.5 Å². The largest absolute Gasteiger partial charge is 0.379 e. The number of hydrogen-bond donors (Lipinski definition) is 2. The van der Waals surface area contributed by atoms with E-state index in [0.29, 0.717) is 12.6 Å². The van der Waals surface area contributed by atoms with Crippen LogP contribution in [0.5, 0.6) is 0 Å². The van der Waals surface area contributed by atoms with Gasteiger partial charge in [0.2, 0.25) is 0 Å². The Hall–Kier alpha value is -1.17. The second-order valence-corrected chi connectivity index (χ2v) is 8.26. The maximum absolute atomic E-state index is 5.82. The number of nitrogens with zero attached hydrogens (tertiary/aromatic N) is 4. The Morgan fingerprint density at radius 3 is 2.52 bits per heavy atom. The minimum Gasteiger partial charge on any atom is -0.379 e. The molecule has 176 valence electrons. The van der Waals surface area contributed by atoms with Gasteiger partial charge in [-0.2, -0.15) is 0 Å². The average Bonchev–Trinajstić information content (AvgIpc) is 2.76. The fourth-order valence-electron chi connectivity index (χ4n) is 3.97. The van der Waals surface area contributed by atoms with Gasteiger partial charge in [-0.3, -0.25) is 4.90 Å². The third-order valence-electron chi connectivity index (χ3n) is 5.55. The van der Waals surface area contributed by atoms with E-state index in [2.05, 4.69) is 65.2 Å². The van der Waals surface area contributed by atoms with Gasteiger partial charge in [0.25, 0.3) is 0 Å². The van der Waals surface area contributed by atoms with Crippen LogP contribution in [-0.4, -0.2) is 86.6 Å². The second-order valence-electron chi connectivity index (χ2n) is 8.26. The molecule has 0 radical (unpaired) electrons. The second kappa shape index (κ2) is 13.4. The van der Waals surface area contributed by atoms with Crippen LogP contribution in [0.4, 0.5) is 5.82 Å². The van der Waals surface area contributed by atoms with E-state index in [4.69, 9.17) is 14.5 Å². The van der Waals surface area contributed by atoms with E-state index < -0.39 is 0 Å². The topological polar surface area (TPSA) is 74.2 Å². The van der Waals surface area contributed by atoms with Crippen molar-refractivity contribution < 1.29 is 9.47 Å². The first-order valence-corrected chi connectivity index (χ1v) is 11.2. The molecule has 2 fully saturated rings. The monoisotopic (exact) mass is 546 g/mol. The molecule has 0 saturated carbocycles. The van der Waals surface area contributed by atoms with Crippen molar-refractivity contribution >= 4 is 35.8 Å². The summed E-state index contributed by atoms with van der Waals surface area (Å²) in [5.41, 5.74) is 1.10. The van der Waals surface area contributed by atoms with Gasteiger partial charge < -0.3 is 25.0 Å². The highest BCUT2D eigenvalue weighted by molar-refractivity contribution is 14.0. The third kappa shape index (κ3) is 8.36. The van der Waals surface area contributed by atoms with Gasteiger partial charge in [-0.15, -0.1) is 24.0 Å². The Morgan fingerprint density at radius 1 is 1.19 bits per heavy atom. The lowest BCUT2D eigenvalue weighted by atomic mass is 10.2. The van der Waals surface area contributed by atoms with Crippen LogP contribution in [0, 0.1) is 0 Å². The third-order valence-corrected chi connectivity index (χ3v) is 5.55. The number of ether oxygens (including phenoxy) is 2. The molecule has 1 aromatic rings. The van der Waals surface area contributed by atoms with Gasteiger partial charge in [0.05, 0.1) is 32.0 Å². The summed E-state index contributed by atoms with van der Waals surface area (Å²) in [7, 11) is 0. The molecule has 0 aromatic carbocycles. The number of hydrogen-bond acceptors (Lipinski definition) is 6. The molecule has 0 amide bonds. The number of pyridine rings is 1. The van der Waals surface area contributed by atoms with Crippen LogP contribution in [0.1, 0.15) is 33.3 Å². The lowest BCUT2D eigenvalue weighted by Gasteiger charge is -2.36. The zero-order chi connectivity index (χ0) is 21.3. The van der Waals surface area contributed by atoms with Gasteiger partial charge in [-0.25, -0.2) is 9.98 Å². The molecule has 3 unspecified atom stereocenters. The molecule has 0 spiro atoms. The predicted octanol–water partition coefficient (Wildman–Crippen LogP) is 2.09. The van der Waals surface area contributed by atoms with Gasteiger partial charge in [-0.1, -0.05) is 6.07 Å². The highest BCUT2D eigenvalue weighted by Gasteiger charge is 2.23. The Kier molecular flexibility index (Phi) is 11.3. The standard InChI is InChI=1S/C22H38N6O2.HI/c1-5-23-22(25-12-17(2)27-8-10-29-11-9-27)26-14-20-6-7-21(24-13-20)28-15-18(3)30-19(4)16-28;/h6-7,13,17-19H,5,8-12,14-16H2,1-4H3,(H2,23,25,26);1H.